The van der Waals surface area contributed by atoms with Crippen molar-refractivity contribution >= 4 is 33.4 Å². The number of nitrogens with one attached hydrogen (secondary N) is 2. The lowest BCUT2D eigenvalue weighted by Gasteiger charge is -2.08. The molecular formula is C23H21N3O5S. The van der Waals surface area contributed by atoms with Crippen molar-refractivity contribution < 1.29 is 18.1 Å². The molecule has 0 atom stereocenters. The molecule has 0 spiro atoms. The quantitative estimate of drug-likeness (QED) is 0.292. The Hall–Kier alpha value is -3.82. The van der Waals surface area contributed by atoms with Crippen LogP contribution in [-0.4, -0.2) is 25.8 Å². The first kappa shape index (κ1) is 22.9. The maximum Gasteiger partial charge on any atom is 0.270 e. The molecule has 3 rings (SSSR count). The van der Waals surface area contributed by atoms with E-state index in [1.807, 2.05) is 30.3 Å². The maximum atomic E-state index is 12.4. The number of anilines is 1. The predicted octanol–water partition coefficient (Wildman–Crippen LogP) is 3.77. The number of non-ortho nitro benzene ring substituents is 1. The van der Waals surface area contributed by atoms with Crippen molar-refractivity contribution in [3.63, 3.8) is 0 Å². The van der Waals surface area contributed by atoms with Gasteiger partial charge >= 0.3 is 0 Å². The van der Waals surface area contributed by atoms with E-state index in [-0.39, 0.29) is 17.1 Å². The minimum absolute atomic E-state index is 0.0678. The number of carbonyl (C=O) groups is 1. The molecule has 8 nitrogen and oxygen atoms in total. The highest BCUT2D eigenvalue weighted by molar-refractivity contribution is 7.89. The highest BCUT2D eigenvalue weighted by Gasteiger charge is 2.13. The van der Waals surface area contributed by atoms with Crippen LogP contribution in [0.5, 0.6) is 0 Å². The minimum Gasteiger partial charge on any atom is -0.323 e. The molecular weight excluding hydrogens is 430 g/mol. The normalized spacial score (nSPS) is 11.4. The number of sulfonamides is 1. The molecule has 1 amide bonds. The van der Waals surface area contributed by atoms with Crippen LogP contribution in [0.25, 0.3) is 6.08 Å². The Labute approximate surface area is 185 Å². The van der Waals surface area contributed by atoms with Gasteiger partial charge < -0.3 is 5.32 Å². The molecule has 0 saturated heterocycles. The Balaban J connectivity index is 1.55. The molecule has 0 aliphatic heterocycles. The molecule has 0 saturated carbocycles. The monoisotopic (exact) mass is 451 g/mol. The summed E-state index contributed by atoms with van der Waals surface area (Å²) in [7, 11) is -3.66. The summed E-state index contributed by atoms with van der Waals surface area (Å²) >= 11 is 0. The molecule has 0 fully saturated rings. The molecule has 9 heteroatoms. The van der Waals surface area contributed by atoms with Crippen LogP contribution in [0.1, 0.15) is 11.1 Å². The van der Waals surface area contributed by atoms with E-state index in [1.54, 1.807) is 6.07 Å². The van der Waals surface area contributed by atoms with Crippen LogP contribution in [-0.2, 0) is 21.2 Å². The summed E-state index contributed by atoms with van der Waals surface area (Å²) < 4.78 is 27.4. The zero-order valence-corrected chi connectivity index (χ0v) is 17.8. The molecule has 0 radical (unpaired) electrons. The van der Waals surface area contributed by atoms with Crippen molar-refractivity contribution in [3.8, 4) is 0 Å². The molecule has 0 heterocycles. The van der Waals surface area contributed by atoms with E-state index < -0.39 is 20.9 Å². The standard InChI is InChI=1S/C23H21N3O5S/c27-23(14-9-19-7-4-8-21(17-19)26(28)29)25-20-10-12-22(13-11-20)32(30,31)24-16-15-18-5-2-1-3-6-18/h1-14,17,24H,15-16H2,(H,25,27)/b14-9+. The summed E-state index contributed by atoms with van der Waals surface area (Å²) in [5.41, 5.74) is 1.90. The Bertz CT molecular complexity index is 1220. The zero-order chi connectivity index (χ0) is 23.0. The summed E-state index contributed by atoms with van der Waals surface area (Å²) in [6, 6.07) is 21.2. The number of hydrogen-bond acceptors (Lipinski definition) is 5. The Morgan fingerprint density at radius 3 is 2.38 bits per heavy atom. The lowest BCUT2D eigenvalue weighted by atomic mass is 10.2. The van der Waals surface area contributed by atoms with Crippen LogP contribution in [0.15, 0.2) is 89.8 Å². The van der Waals surface area contributed by atoms with Gasteiger partial charge in [0.2, 0.25) is 15.9 Å². The first-order valence-corrected chi connectivity index (χ1v) is 11.2. The van der Waals surface area contributed by atoms with Gasteiger partial charge in [0.15, 0.2) is 0 Å². The fraction of sp³-hybridized carbons (Fsp3) is 0.0870. The van der Waals surface area contributed by atoms with Gasteiger partial charge in [-0.15, -0.1) is 0 Å². The first-order valence-electron chi connectivity index (χ1n) is 9.71. The van der Waals surface area contributed by atoms with Gasteiger partial charge in [0.05, 0.1) is 9.82 Å². The molecule has 32 heavy (non-hydrogen) atoms. The number of amides is 1. The molecule has 0 aliphatic carbocycles. The second-order valence-electron chi connectivity index (χ2n) is 6.83. The summed E-state index contributed by atoms with van der Waals surface area (Å²) in [4.78, 5) is 22.5. The molecule has 2 N–H and O–H groups in total. The van der Waals surface area contributed by atoms with Crippen molar-refractivity contribution in [2.45, 2.75) is 11.3 Å². The fourth-order valence-electron chi connectivity index (χ4n) is 2.87. The van der Waals surface area contributed by atoms with Crippen molar-refractivity contribution in [2.24, 2.45) is 0 Å². The number of nitro groups is 1. The first-order chi connectivity index (χ1) is 15.3. The van der Waals surface area contributed by atoms with Gasteiger partial charge in [-0.25, -0.2) is 13.1 Å². The van der Waals surface area contributed by atoms with Crippen molar-refractivity contribution in [3.05, 3.63) is 106 Å². The second-order valence-corrected chi connectivity index (χ2v) is 8.60. The van der Waals surface area contributed by atoms with Crippen molar-refractivity contribution in [2.75, 3.05) is 11.9 Å². The third-order valence-corrected chi connectivity index (χ3v) is 5.97. The average Bonchev–Trinajstić information content (AvgIpc) is 2.79. The third kappa shape index (κ3) is 6.59. The van der Waals surface area contributed by atoms with Gasteiger partial charge in [0.25, 0.3) is 5.69 Å². The van der Waals surface area contributed by atoms with Crippen molar-refractivity contribution in [1.29, 1.82) is 0 Å². The molecule has 0 aliphatic rings. The van der Waals surface area contributed by atoms with Crippen LogP contribution >= 0.6 is 0 Å². The number of rotatable bonds is 9. The van der Waals surface area contributed by atoms with Crippen LogP contribution in [0, 0.1) is 10.1 Å². The van der Waals surface area contributed by atoms with Crippen LogP contribution in [0.3, 0.4) is 0 Å². The highest BCUT2D eigenvalue weighted by Crippen LogP contribution is 2.16. The fourth-order valence-corrected chi connectivity index (χ4v) is 3.90. The highest BCUT2D eigenvalue weighted by atomic mass is 32.2. The average molecular weight is 452 g/mol. The number of benzene rings is 3. The Kier molecular flexibility index (Phi) is 7.48. The molecule has 0 aromatic heterocycles. The number of nitro benzene ring substituents is 1. The van der Waals surface area contributed by atoms with Crippen molar-refractivity contribution in [1.82, 2.24) is 4.72 Å². The SMILES string of the molecule is O=C(/C=C/c1cccc([N+](=O)[O-])c1)Nc1ccc(S(=O)(=O)NCCc2ccccc2)cc1. The van der Waals surface area contributed by atoms with Gasteiger partial charge in [0.1, 0.15) is 0 Å². The van der Waals surface area contributed by atoms with E-state index in [0.717, 1.165) is 5.56 Å². The van der Waals surface area contributed by atoms with E-state index >= 15 is 0 Å². The smallest absolute Gasteiger partial charge is 0.270 e. The lowest BCUT2D eigenvalue weighted by Crippen LogP contribution is -2.26. The van der Waals surface area contributed by atoms with E-state index in [0.29, 0.717) is 17.7 Å². The van der Waals surface area contributed by atoms with Gasteiger partial charge in [-0.3, -0.25) is 14.9 Å². The maximum absolute atomic E-state index is 12.4. The van der Waals surface area contributed by atoms with Crippen LogP contribution in [0.4, 0.5) is 11.4 Å². The van der Waals surface area contributed by atoms with E-state index in [4.69, 9.17) is 0 Å². The number of nitrogens with zero attached hydrogens (tertiary/aromatic N) is 1. The molecule has 3 aromatic carbocycles. The Morgan fingerprint density at radius 2 is 1.69 bits per heavy atom. The van der Waals surface area contributed by atoms with Gasteiger partial charge in [0, 0.05) is 30.4 Å². The summed E-state index contributed by atoms with van der Waals surface area (Å²) in [5.74, 6) is -0.451. The number of carbonyl (C=O) groups excluding carboxylic acids is 1. The minimum atomic E-state index is -3.66. The second kappa shape index (κ2) is 10.5. The molecule has 0 unspecified atom stereocenters. The molecule has 3 aromatic rings. The predicted molar refractivity (Wildman–Crippen MR) is 123 cm³/mol. The van der Waals surface area contributed by atoms with Gasteiger partial charge in [-0.1, -0.05) is 42.5 Å². The summed E-state index contributed by atoms with van der Waals surface area (Å²) in [6.07, 6.45) is 3.28. The van der Waals surface area contributed by atoms with Crippen LogP contribution in [0.2, 0.25) is 0 Å². The zero-order valence-electron chi connectivity index (χ0n) is 17.0. The lowest BCUT2D eigenvalue weighted by molar-refractivity contribution is -0.384. The largest absolute Gasteiger partial charge is 0.323 e. The summed E-state index contributed by atoms with van der Waals surface area (Å²) in [5, 5.41) is 13.4. The summed E-state index contributed by atoms with van der Waals surface area (Å²) in [6.45, 7) is 0.271. The van der Waals surface area contributed by atoms with Crippen LogP contribution < -0.4 is 10.0 Å². The van der Waals surface area contributed by atoms with E-state index in [2.05, 4.69) is 10.0 Å². The number of hydrogen-bond donors (Lipinski definition) is 2. The topological polar surface area (TPSA) is 118 Å². The van der Waals surface area contributed by atoms with Gasteiger partial charge in [-0.05, 0) is 47.9 Å². The Morgan fingerprint density at radius 1 is 0.969 bits per heavy atom. The van der Waals surface area contributed by atoms with Gasteiger partial charge in [-0.2, -0.15) is 0 Å². The van der Waals surface area contributed by atoms with E-state index in [9.17, 15) is 23.3 Å². The van der Waals surface area contributed by atoms with E-state index in [1.165, 1.54) is 54.6 Å². The third-order valence-electron chi connectivity index (χ3n) is 4.49. The molecule has 164 valence electrons. The molecule has 0 bridgehead atoms.